The van der Waals surface area contributed by atoms with E-state index in [1.54, 1.807) is 60.7 Å². The van der Waals surface area contributed by atoms with Crippen molar-refractivity contribution in [1.29, 1.82) is 0 Å². The van der Waals surface area contributed by atoms with Gasteiger partial charge in [0.05, 0.1) is 22.0 Å². The molecule has 206 valence electrons. The molecule has 0 unspecified atom stereocenters. The van der Waals surface area contributed by atoms with E-state index in [1.807, 2.05) is 6.07 Å². The number of benzene rings is 4. The summed E-state index contributed by atoms with van der Waals surface area (Å²) in [6.45, 7) is -0.170. The Kier molecular flexibility index (Phi) is 7.95. The normalized spacial score (nSPS) is 13.3. The minimum atomic E-state index is -3.98. The Balaban J connectivity index is 1.38. The third kappa shape index (κ3) is 5.90. The average Bonchev–Trinajstić information content (AvgIpc) is 3.38. The summed E-state index contributed by atoms with van der Waals surface area (Å²) in [4.78, 5) is 13.4. The highest BCUT2D eigenvalue weighted by atomic mass is 35.5. The van der Waals surface area contributed by atoms with Crippen molar-refractivity contribution in [1.82, 2.24) is 4.31 Å². The SMILES string of the molecule is O=C(CN(Cc1ccccc1)S(=O)(=O)c1ccccc1)Nc1ccc2c(c1)N(S(=O)(=O)c1ccc(Cl)cc1)CC2. The quantitative estimate of drug-likeness (QED) is 0.296. The van der Waals surface area contributed by atoms with Gasteiger partial charge in [0.25, 0.3) is 10.0 Å². The molecule has 0 saturated heterocycles. The first kappa shape index (κ1) is 27.9. The van der Waals surface area contributed by atoms with E-state index < -0.39 is 32.5 Å². The molecule has 0 atom stereocenters. The van der Waals surface area contributed by atoms with Crippen LogP contribution in [0.2, 0.25) is 5.02 Å². The second kappa shape index (κ2) is 11.4. The van der Waals surface area contributed by atoms with Gasteiger partial charge in [-0.2, -0.15) is 4.31 Å². The number of nitrogens with zero attached hydrogens (tertiary/aromatic N) is 2. The van der Waals surface area contributed by atoms with Crippen molar-refractivity contribution in [2.24, 2.45) is 0 Å². The second-order valence-corrected chi connectivity index (χ2v) is 13.5. The van der Waals surface area contributed by atoms with Gasteiger partial charge >= 0.3 is 0 Å². The second-order valence-electron chi connectivity index (χ2n) is 9.24. The van der Waals surface area contributed by atoms with E-state index in [1.165, 1.54) is 40.7 Å². The Bertz CT molecular complexity index is 1730. The molecule has 4 aromatic carbocycles. The highest BCUT2D eigenvalue weighted by molar-refractivity contribution is 7.92. The Morgan fingerprint density at radius 1 is 0.825 bits per heavy atom. The number of amides is 1. The smallest absolute Gasteiger partial charge is 0.264 e. The molecule has 11 heteroatoms. The molecule has 0 radical (unpaired) electrons. The Hall–Kier alpha value is -3.70. The summed E-state index contributed by atoms with van der Waals surface area (Å²) in [5, 5.41) is 3.18. The van der Waals surface area contributed by atoms with Crippen molar-refractivity contribution in [2.45, 2.75) is 22.8 Å². The maximum Gasteiger partial charge on any atom is 0.264 e. The van der Waals surface area contributed by atoms with Gasteiger partial charge in [-0.1, -0.05) is 66.2 Å². The number of anilines is 2. The van der Waals surface area contributed by atoms with E-state index >= 15 is 0 Å². The lowest BCUT2D eigenvalue weighted by atomic mass is 10.1. The first-order valence-corrected chi connectivity index (χ1v) is 15.7. The molecule has 1 amide bonds. The first-order valence-electron chi connectivity index (χ1n) is 12.4. The number of fused-ring (bicyclic) bond motifs is 1. The van der Waals surface area contributed by atoms with Crippen molar-refractivity contribution in [2.75, 3.05) is 22.7 Å². The number of hydrogen-bond acceptors (Lipinski definition) is 5. The molecule has 4 aromatic rings. The molecule has 0 bridgehead atoms. The third-order valence-electron chi connectivity index (χ3n) is 6.53. The molecular weight excluding hydrogens is 570 g/mol. The molecule has 1 N–H and O–H groups in total. The van der Waals surface area contributed by atoms with Gasteiger partial charge in [0.1, 0.15) is 0 Å². The summed E-state index contributed by atoms with van der Waals surface area (Å²) in [5.74, 6) is -0.555. The molecule has 8 nitrogen and oxygen atoms in total. The van der Waals surface area contributed by atoms with Crippen molar-refractivity contribution in [3.63, 3.8) is 0 Å². The van der Waals surface area contributed by atoms with Crippen LogP contribution in [0.4, 0.5) is 11.4 Å². The van der Waals surface area contributed by atoms with Gasteiger partial charge in [-0.25, -0.2) is 16.8 Å². The molecule has 40 heavy (non-hydrogen) atoms. The molecule has 0 fully saturated rings. The molecular formula is C29H26ClN3O5S2. The summed E-state index contributed by atoms with van der Waals surface area (Å²) >= 11 is 5.93. The fourth-order valence-electron chi connectivity index (χ4n) is 4.53. The van der Waals surface area contributed by atoms with Gasteiger partial charge in [-0.3, -0.25) is 9.10 Å². The summed E-state index contributed by atoms with van der Waals surface area (Å²) in [5.41, 5.74) is 2.38. The molecule has 1 heterocycles. The molecule has 0 aromatic heterocycles. The molecule has 5 rings (SSSR count). The predicted octanol–water partition coefficient (Wildman–Crippen LogP) is 4.92. The van der Waals surface area contributed by atoms with Gasteiger partial charge in [0.2, 0.25) is 15.9 Å². The van der Waals surface area contributed by atoms with E-state index in [-0.39, 0.29) is 22.9 Å². The van der Waals surface area contributed by atoms with Crippen molar-refractivity contribution in [3.8, 4) is 0 Å². The summed E-state index contributed by atoms with van der Waals surface area (Å²) < 4.78 is 56.0. The lowest BCUT2D eigenvalue weighted by molar-refractivity contribution is -0.116. The van der Waals surface area contributed by atoms with Crippen molar-refractivity contribution in [3.05, 3.63) is 119 Å². The van der Waals surface area contributed by atoms with Crippen LogP contribution in [-0.4, -0.2) is 40.1 Å². The first-order chi connectivity index (χ1) is 19.1. The van der Waals surface area contributed by atoms with Gasteiger partial charge in [0, 0.05) is 23.8 Å². The lowest BCUT2D eigenvalue weighted by Gasteiger charge is -2.22. The Labute approximate surface area is 238 Å². The molecule has 0 aliphatic carbocycles. The largest absolute Gasteiger partial charge is 0.325 e. The summed E-state index contributed by atoms with van der Waals surface area (Å²) in [7, 11) is -7.83. The van der Waals surface area contributed by atoms with Crippen molar-refractivity contribution < 1.29 is 21.6 Å². The summed E-state index contributed by atoms with van der Waals surface area (Å²) in [6, 6.07) is 28.0. The minimum absolute atomic E-state index is 0.00277. The van der Waals surface area contributed by atoms with Crippen LogP contribution in [0.15, 0.2) is 113 Å². The number of rotatable bonds is 9. The lowest BCUT2D eigenvalue weighted by Crippen LogP contribution is -2.37. The zero-order valence-electron chi connectivity index (χ0n) is 21.3. The Morgan fingerprint density at radius 3 is 2.15 bits per heavy atom. The fourth-order valence-corrected chi connectivity index (χ4v) is 7.55. The van der Waals surface area contributed by atoms with Crippen LogP contribution in [0.25, 0.3) is 0 Å². The molecule has 1 aliphatic rings. The van der Waals surface area contributed by atoms with Gasteiger partial charge in [-0.15, -0.1) is 0 Å². The molecule has 0 saturated carbocycles. The topological polar surface area (TPSA) is 104 Å². The minimum Gasteiger partial charge on any atom is -0.325 e. The number of sulfonamides is 2. The maximum absolute atomic E-state index is 13.5. The number of hydrogen-bond donors (Lipinski definition) is 1. The van der Waals surface area contributed by atoms with Crippen LogP contribution in [0, 0.1) is 0 Å². The van der Waals surface area contributed by atoms with Gasteiger partial charge < -0.3 is 5.32 Å². The highest BCUT2D eigenvalue weighted by Gasteiger charge is 2.32. The van der Waals surface area contributed by atoms with E-state index in [0.717, 1.165) is 15.4 Å². The van der Waals surface area contributed by atoms with Crippen LogP contribution in [-0.2, 0) is 37.8 Å². The van der Waals surface area contributed by atoms with Crippen LogP contribution < -0.4 is 9.62 Å². The number of nitrogens with one attached hydrogen (secondary N) is 1. The number of carbonyl (C=O) groups excluding carboxylic acids is 1. The van der Waals surface area contributed by atoms with Gasteiger partial charge in [-0.05, 0) is 66.1 Å². The predicted molar refractivity (Wildman–Crippen MR) is 155 cm³/mol. The zero-order chi connectivity index (χ0) is 28.3. The van der Waals surface area contributed by atoms with E-state index in [9.17, 15) is 21.6 Å². The monoisotopic (exact) mass is 595 g/mol. The van der Waals surface area contributed by atoms with Crippen LogP contribution >= 0.6 is 11.6 Å². The summed E-state index contributed by atoms with van der Waals surface area (Å²) in [6.07, 6.45) is 0.524. The molecule has 1 aliphatic heterocycles. The van der Waals surface area contributed by atoms with Gasteiger partial charge in [0.15, 0.2) is 0 Å². The number of halogens is 1. The van der Waals surface area contributed by atoms with E-state index in [0.29, 0.717) is 22.8 Å². The number of carbonyl (C=O) groups is 1. The zero-order valence-corrected chi connectivity index (χ0v) is 23.7. The van der Waals surface area contributed by atoms with Crippen LogP contribution in [0.5, 0.6) is 0 Å². The Morgan fingerprint density at radius 2 is 1.48 bits per heavy atom. The van der Waals surface area contributed by atoms with Crippen LogP contribution in [0.1, 0.15) is 11.1 Å². The van der Waals surface area contributed by atoms with E-state index in [2.05, 4.69) is 5.32 Å². The van der Waals surface area contributed by atoms with Crippen molar-refractivity contribution >= 4 is 48.9 Å². The molecule has 0 spiro atoms. The van der Waals surface area contributed by atoms with Crippen LogP contribution in [0.3, 0.4) is 0 Å². The highest BCUT2D eigenvalue weighted by Crippen LogP contribution is 2.35. The fraction of sp³-hybridized carbons (Fsp3) is 0.138. The maximum atomic E-state index is 13.5. The average molecular weight is 596 g/mol. The third-order valence-corrected chi connectivity index (χ3v) is 10.4. The van der Waals surface area contributed by atoms with E-state index in [4.69, 9.17) is 11.6 Å². The standard InChI is InChI=1S/C29H26ClN3O5S2/c30-24-12-15-27(16-13-24)40(37,38)33-18-17-23-11-14-25(19-28(23)33)31-29(34)21-32(20-22-7-3-1-4-8-22)39(35,36)26-9-5-2-6-10-26/h1-16,19H,17-18,20-21H2,(H,31,34).